The standard InChI is InChI=1S/C48H50N10O14S3/c1-69-36-9-15-39(16-10-36)73(63,64)56-25-33(51-29-56)21-42(49)46(60)54-44(23-35-27-58(31-53-35)75(67,68)41-19-13-38(71-3)14-20-41)48(62)55-43(47(61)50-24-45(59)72-28-32-7-5-4-6-8-32)22-34-26-57(30-52-34)74(65,66)40-17-11-37(70-2)12-18-40/h4-20,25-27,29-31,42-44H,21-24,28,49H2,1-3H3,(H,50,61)(H,54,60)(H,55,62)/t42-,43-,44-/m0/s1. The van der Waals surface area contributed by atoms with Gasteiger partial charge >= 0.3 is 5.97 Å². The molecule has 0 spiro atoms. The van der Waals surface area contributed by atoms with Crippen LogP contribution in [0.2, 0.25) is 0 Å². The van der Waals surface area contributed by atoms with Gasteiger partial charge in [-0.2, -0.15) is 0 Å². The van der Waals surface area contributed by atoms with Gasteiger partial charge in [-0.15, -0.1) is 0 Å². The zero-order valence-electron chi connectivity index (χ0n) is 40.2. The van der Waals surface area contributed by atoms with Gasteiger partial charge in [0.25, 0.3) is 30.1 Å². The number of hydrogen-bond acceptors (Lipinski definition) is 18. The van der Waals surface area contributed by atoms with Crippen LogP contribution in [-0.4, -0.2) is 122 Å². The zero-order chi connectivity index (χ0) is 53.9. The molecule has 0 saturated heterocycles. The van der Waals surface area contributed by atoms with Gasteiger partial charge in [-0.3, -0.25) is 19.2 Å². The normalized spacial score (nSPS) is 12.9. The van der Waals surface area contributed by atoms with Gasteiger partial charge in [0.15, 0.2) is 0 Å². The molecule has 0 radical (unpaired) electrons. The van der Waals surface area contributed by atoms with Crippen LogP contribution in [0.25, 0.3) is 0 Å². The minimum atomic E-state index is -4.24. The number of hydrogen-bond donors (Lipinski definition) is 4. The topological polar surface area (TPSA) is 323 Å². The maximum absolute atomic E-state index is 14.5. The van der Waals surface area contributed by atoms with E-state index in [1.807, 2.05) is 0 Å². The number of rotatable bonds is 24. The van der Waals surface area contributed by atoms with Crippen LogP contribution < -0.4 is 35.9 Å². The number of nitrogens with zero attached hydrogens (tertiary/aromatic N) is 6. The van der Waals surface area contributed by atoms with E-state index in [1.165, 1.54) is 94.1 Å². The second kappa shape index (κ2) is 23.6. The molecule has 0 saturated carbocycles. The number of imidazole rings is 3. The Balaban J connectivity index is 1.14. The van der Waals surface area contributed by atoms with Crippen molar-refractivity contribution in [1.82, 2.24) is 42.8 Å². The van der Waals surface area contributed by atoms with Gasteiger partial charge in [-0.1, -0.05) is 30.3 Å². The van der Waals surface area contributed by atoms with E-state index in [4.69, 9.17) is 24.7 Å². The van der Waals surface area contributed by atoms with Gasteiger partial charge in [0.1, 0.15) is 61.5 Å². The summed E-state index contributed by atoms with van der Waals surface area (Å²) < 4.78 is 104. The van der Waals surface area contributed by atoms with Gasteiger partial charge in [-0.05, 0) is 78.4 Å². The molecule has 0 aliphatic heterocycles. The molecule has 0 bridgehead atoms. The van der Waals surface area contributed by atoms with Crippen molar-refractivity contribution in [2.75, 3.05) is 27.9 Å². The van der Waals surface area contributed by atoms with Crippen LogP contribution in [0.15, 0.2) is 155 Å². The molecule has 7 rings (SSSR count). The number of aromatic nitrogens is 6. The summed E-state index contributed by atoms with van der Waals surface area (Å²) in [7, 11) is -8.33. The molecule has 3 atom stereocenters. The number of ether oxygens (including phenoxy) is 4. The van der Waals surface area contributed by atoms with E-state index >= 15 is 0 Å². The van der Waals surface area contributed by atoms with E-state index in [9.17, 15) is 44.4 Å². The molecule has 75 heavy (non-hydrogen) atoms. The number of methoxy groups -OCH3 is 3. The van der Waals surface area contributed by atoms with Crippen molar-refractivity contribution in [3.8, 4) is 17.2 Å². The van der Waals surface area contributed by atoms with Crippen LogP contribution in [0, 0.1) is 0 Å². The maximum Gasteiger partial charge on any atom is 0.325 e. The average Bonchev–Trinajstić information content (AvgIpc) is 4.23. The lowest BCUT2D eigenvalue weighted by Gasteiger charge is -2.23. The Bertz CT molecular complexity index is 3480. The van der Waals surface area contributed by atoms with Crippen LogP contribution in [-0.2, 0) is 79.9 Å². The van der Waals surface area contributed by atoms with Gasteiger partial charge in [0, 0.05) is 37.9 Å². The molecule has 3 amide bonds. The first-order chi connectivity index (χ1) is 35.8. The van der Waals surface area contributed by atoms with Crippen molar-refractivity contribution in [2.24, 2.45) is 5.73 Å². The number of amides is 3. The third-order valence-corrected chi connectivity index (χ3v) is 16.1. The van der Waals surface area contributed by atoms with Crippen molar-refractivity contribution >= 4 is 53.8 Å². The summed E-state index contributed by atoms with van der Waals surface area (Å²) >= 11 is 0. The van der Waals surface area contributed by atoms with Crippen molar-refractivity contribution in [3.05, 3.63) is 163 Å². The van der Waals surface area contributed by atoms with Crippen LogP contribution in [0.5, 0.6) is 17.2 Å². The average molecular weight is 1090 g/mol. The van der Waals surface area contributed by atoms with Crippen LogP contribution in [0.4, 0.5) is 0 Å². The minimum Gasteiger partial charge on any atom is -0.497 e. The molecular formula is C48H50N10O14S3. The first-order valence-corrected chi connectivity index (χ1v) is 26.7. The summed E-state index contributed by atoms with van der Waals surface area (Å²) in [5.41, 5.74) is 7.03. The van der Waals surface area contributed by atoms with Gasteiger partial charge in [0.05, 0.1) is 59.1 Å². The van der Waals surface area contributed by atoms with E-state index in [1.54, 1.807) is 30.3 Å². The smallest absolute Gasteiger partial charge is 0.325 e. The molecule has 394 valence electrons. The summed E-state index contributed by atoms with van der Waals surface area (Å²) in [5.74, 6) is -2.57. The fraction of sp³-hybridized carbons (Fsp3) is 0.229. The van der Waals surface area contributed by atoms with Gasteiger partial charge < -0.3 is 40.6 Å². The first-order valence-electron chi connectivity index (χ1n) is 22.4. The summed E-state index contributed by atoms with van der Waals surface area (Å²) in [5, 5.41) is 7.49. The Morgan fingerprint density at radius 3 is 1.29 bits per heavy atom. The highest BCUT2D eigenvalue weighted by molar-refractivity contribution is 7.90. The Kier molecular flexibility index (Phi) is 17.1. The molecule has 27 heteroatoms. The van der Waals surface area contributed by atoms with Crippen molar-refractivity contribution in [2.45, 2.75) is 58.7 Å². The predicted octanol–water partition coefficient (Wildman–Crippen LogP) is 1.20. The van der Waals surface area contributed by atoms with E-state index in [0.29, 0.717) is 22.8 Å². The number of nitrogens with two attached hydrogens (primary N) is 1. The van der Waals surface area contributed by atoms with E-state index < -0.39 is 91.3 Å². The Morgan fingerprint density at radius 1 is 0.520 bits per heavy atom. The van der Waals surface area contributed by atoms with Crippen molar-refractivity contribution in [3.63, 3.8) is 0 Å². The maximum atomic E-state index is 14.5. The van der Waals surface area contributed by atoms with Crippen LogP contribution >= 0.6 is 0 Å². The SMILES string of the molecule is COc1ccc(S(=O)(=O)n2cnc(C[C@H](NC(=O)[C@H](Cc3cn(S(=O)(=O)c4ccc(OC)cc4)cn3)NC(=O)[C@@H](N)Cc3cn(S(=O)(=O)c4ccc(OC)cc4)cn3)C(=O)NCC(=O)OCc3ccccc3)c2)cc1. The number of benzene rings is 4. The number of carbonyl (C=O) groups excluding carboxylic acids is 4. The third kappa shape index (κ3) is 13.4. The van der Waals surface area contributed by atoms with E-state index in [0.717, 1.165) is 49.5 Å². The fourth-order valence-electron chi connectivity index (χ4n) is 7.13. The molecular weight excluding hydrogens is 1040 g/mol. The highest BCUT2D eigenvalue weighted by Gasteiger charge is 2.32. The fourth-order valence-corrected chi connectivity index (χ4v) is 10.6. The summed E-state index contributed by atoms with van der Waals surface area (Å²) in [4.78, 5) is 67.4. The Labute approximate surface area is 431 Å². The summed E-state index contributed by atoms with van der Waals surface area (Å²) in [6.07, 6.45) is 5.09. The Hall–Kier alpha value is -8.40. The highest BCUT2D eigenvalue weighted by atomic mass is 32.2. The molecule has 4 aromatic carbocycles. The van der Waals surface area contributed by atoms with Gasteiger partial charge in [-0.25, -0.2) is 52.1 Å². The van der Waals surface area contributed by atoms with Crippen LogP contribution in [0.3, 0.4) is 0 Å². The van der Waals surface area contributed by atoms with Gasteiger partial charge in [0.2, 0.25) is 17.7 Å². The lowest BCUT2D eigenvalue weighted by molar-refractivity contribution is -0.145. The van der Waals surface area contributed by atoms with Crippen LogP contribution in [0.1, 0.15) is 22.6 Å². The molecule has 3 aromatic heterocycles. The Morgan fingerprint density at radius 2 is 0.893 bits per heavy atom. The zero-order valence-corrected chi connectivity index (χ0v) is 42.7. The summed E-state index contributed by atoms with van der Waals surface area (Å²) in [6, 6.07) is 20.6. The minimum absolute atomic E-state index is 0.0160. The quantitative estimate of drug-likeness (QED) is 0.0618. The summed E-state index contributed by atoms with van der Waals surface area (Å²) in [6.45, 7) is -0.772. The molecule has 24 nitrogen and oxygen atoms in total. The first kappa shape index (κ1) is 54.4. The number of carbonyl (C=O) groups is 4. The van der Waals surface area contributed by atoms with Crippen molar-refractivity contribution in [1.29, 1.82) is 0 Å². The number of nitrogens with one attached hydrogen (secondary N) is 3. The van der Waals surface area contributed by atoms with E-state index in [-0.39, 0.29) is 44.8 Å². The second-order valence-electron chi connectivity index (χ2n) is 16.3. The number of esters is 1. The lowest BCUT2D eigenvalue weighted by atomic mass is 10.1. The molecule has 0 aliphatic rings. The molecule has 0 unspecified atom stereocenters. The van der Waals surface area contributed by atoms with E-state index in [2.05, 4.69) is 30.9 Å². The molecule has 0 fully saturated rings. The largest absolute Gasteiger partial charge is 0.497 e. The molecule has 7 aromatic rings. The highest BCUT2D eigenvalue weighted by Crippen LogP contribution is 2.22. The van der Waals surface area contributed by atoms with Crippen molar-refractivity contribution < 1.29 is 63.4 Å². The monoisotopic (exact) mass is 1090 g/mol. The molecule has 3 heterocycles. The molecule has 5 N–H and O–H groups in total. The third-order valence-electron chi connectivity index (χ3n) is 11.3. The predicted molar refractivity (Wildman–Crippen MR) is 266 cm³/mol. The second-order valence-corrected chi connectivity index (χ2v) is 21.9. The molecule has 0 aliphatic carbocycles. The lowest BCUT2D eigenvalue weighted by Crippen LogP contribution is -2.57.